The van der Waals surface area contributed by atoms with Gasteiger partial charge in [-0.05, 0) is 88.6 Å². The second-order valence-corrected chi connectivity index (χ2v) is 15.3. The fourth-order valence-corrected chi connectivity index (χ4v) is 11.0. The minimum atomic E-state index is -0.994. The molecule has 49 heavy (non-hydrogen) atoms. The summed E-state index contributed by atoms with van der Waals surface area (Å²) in [7, 11) is 5.86. The van der Waals surface area contributed by atoms with Crippen molar-refractivity contribution < 1.29 is 38.8 Å². The third-order valence-electron chi connectivity index (χ3n) is 13.4. The van der Waals surface area contributed by atoms with Crippen molar-refractivity contribution in [2.24, 2.45) is 11.1 Å². The van der Waals surface area contributed by atoms with E-state index >= 15 is 0 Å². The number of carbonyl (C=O) groups excluding carboxylic acids is 1. The molecule has 11 nitrogen and oxygen atoms in total. The van der Waals surface area contributed by atoms with Crippen LogP contribution < -0.4 is 14.2 Å². The quantitative estimate of drug-likeness (QED) is 0.258. The number of carbonyl (C=O) groups is 1. The van der Waals surface area contributed by atoms with E-state index in [2.05, 4.69) is 55.0 Å². The zero-order chi connectivity index (χ0) is 34.0. The van der Waals surface area contributed by atoms with Gasteiger partial charge >= 0.3 is 5.97 Å². The third-order valence-corrected chi connectivity index (χ3v) is 13.4. The largest absolute Gasteiger partial charge is 0.504 e. The number of oxime groups is 1. The van der Waals surface area contributed by atoms with E-state index in [1.807, 2.05) is 18.2 Å². The Labute approximate surface area is 286 Å². The minimum absolute atomic E-state index is 0.0367. The number of hydrogen-bond donors (Lipinski definition) is 2. The van der Waals surface area contributed by atoms with Gasteiger partial charge in [-0.15, -0.1) is 0 Å². The van der Waals surface area contributed by atoms with E-state index in [0.29, 0.717) is 42.2 Å². The number of rotatable bonds is 7. The average molecular weight is 672 g/mol. The zero-order valence-electron chi connectivity index (χ0n) is 28.8. The van der Waals surface area contributed by atoms with Gasteiger partial charge in [-0.2, -0.15) is 0 Å². The van der Waals surface area contributed by atoms with Crippen molar-refractivity contribution in [2.75, 3.05) is 40.9 Å². The Morgan fingerprint density at radius 2 is 1.90 bits per heavy atom. The zero-order valence-corrected chi connectivity index (χ0v) is 28.8. The fourth-order valence-electron chi connectivity index (χ4n) is 11.0. The first-order valence-electron chi connectivity index (χ1n) is 17.6. The van der Waals surface area contributed by atoms with Crippen LogP contribution in [-0.4, -0.2) is 109 Å². The number of aromatic hydroxyl groups is 1. The molecule has 3 aliphatic heterocycles. The maximum Gasteiger partial charge on any atom is 0.347 e. The summed E-state index contributed by atoms with van der Waals surface area (Å²) in [5.41, 5.74) is 2.89. The summed E-state index contributed by atoms with van der Waals surface area (Å²) in [6.07, 6.45) is 5.69. The fraction of sp³-hybridized carbons (Fsp3) is 0.579. The average Bonchev–Trinajstić information content (AvgIpc) is 3.62. The molecule has 4 aliphatic carbocycles. The van der Waals surface area contributed by atoms with Crippen LogP contribution in [0.25, 0.3) is 0 Å². The number of benzene rings is 2. The number of esters is 1. The minimum Gasteiger partial charge on any atom is -0.504 e. The molecule has 2 aromatic rings. The van der Waals surface area contributed by atoms with E-state index in [1.54, 1.807) is 13.2 Å². The highest BCUT2D eigenvalue weighted by Crippen LogP contribution is 2.65. The summed E-state index contributed by atoms with van der Waals surface area (Å²) in [5, 5.41) is 27.8. The van der Waals surface area contributed by atoms with Gasteiger partial charge in [0.25, 0.3) is 0 Å². The van der Waals surface area contributed by atoms with Crippen LogP contribution in [0.5, 0.6) is 23.0 Å². The second kappa shape index (κ2) is 10.6. The van der Waals surface area contributed by atoms with E-state index in [4.69, 9.17) is 23.8 Å². The first-order chi connectivity index (χ1) is 23.6. The number of phenols is 1. The summed E-state index contributed by atoms with van der Waals surface area (Å²) >= 11 is 0. The van der Waals surface area contributed by atoms with Gasteiger partial charge in [0.1, 0.15) is 6.10 Å². The summed E-state index contributed by atoms with van der Waals surface area (Å²) in [4.78, 5) is 23.7. The molecule has 2 N–H and O–H groups in total. The van der Waals surface area contributed by atoms with Gasteiger partial charge in [-0.1, -0.05) is 37.2 Å². The number of ether oxygens (including phenoxy) is 4. The lowest BCUT2D eigenvalue weighted by Crippen LogP contribution is -2.76. The molecular weight excluding hydrogens is 626 g/mol. The maximum absolute atomic E-state index is 13.4. The third kappa shape index (κ3) is 3.89. The highest BCUT2D eigenvalue weighted by molar-refractivity contribution is 5.94. The Bertz CT molecular complexity index is 1810. The van der Waals surface area contributed by atoms with Crippen LogP contribution in [-0.2, 0) is 38.0 Å². The first-order valence-corrected chi connectivity index (χ1v) is 17.6. The normalized spacial score (nSPS) is 38.1. The first kappa shape index (κ1) is 31.2. The van der Waals surface area contributed by atoms with Crippen LogP contribution in [0.2, 0.25) is 0 Å². The Morgan fingerprint density at radius 3 is 2.69 bits per heavy atom. The van der Waals surface area contributed by atoms with Gasteiger partial charge in [0.05, 0.1) is 23.8 Å². The Kier molecular flexibility index (Phi) is 6.75. The molecule has 7 aliphatic rings. The summed E-state index contributed by atoms with van der Waals surface area (Å²) in [6.45, 7) is 5.66. The number of phenolic OH excluding ortho intramolecular Hbond substituents is 1. The standard InChI is InChI=1S/C38H45N3O8/c1-6-40(3)24-17-20-7-10-25(42)32-30(20)36(2)22(24)9-12-27(35(36)48-32)47-29(43)19-46-39-23-13-14-38(44)28-18-21-8-11-26(45-5)33-31(21)37(38,34(23)49-33)15-16-41(28)4/h7-12,22,24,27-28,34-35,42,44H,6,13-19H2,1-5H3/b39-23+/t22?,24?,27-,28?,34-,35-,36-,37-,38+/m0/s1. The molecule has 9 rings (SSSR count). The van der Waals surface area contributed by atoms with Gasteiger partial charge in [-0.3, -0.25) is 0 Å². The SMILES string of the molecule is CCN(C)C1Cc2ccc(O)c3c2[C@]2(C)C1C=C[C@H](OC(=O)CO/N=C1\CC[C@@]4(O)C5Cc6ccc(OC)c7c6[C@@]4(CCN5C)[C@H]1O7)[C@@H]2O3. The van der Waals surface area contributed by atoms with Crippen molar-refractivity contribution in [1.82, 2.24) is 9.80 Å². The molecule has 2 fully saturated rings. The van der Waals surface area contributed by atoms with E-state index in [9.17, 15) is 15.0 Å². The van der Waals surface area contributed by atoms with Crippen LogP contribution >= 0.6 is 0 Å². The highest BCUT2D eigenvalue weighted by Gasteiger charge is 2.72. The number of hydrogen-bond acceptors (Lipinski definition) is 11. The lowest BCUT2D eigenvalue weighted by molar-refractivity contribution is -0.162. The van der Waals surface area contributed by atoms with Crippen molar-refractivity contribution in [3.8, 4) is 23.0 Å². The van der Waals surface area contributed by atoms with Crippen molar-refractivity contribution in [1.29, 1.82) is 0 Å². The van der Waals surface area contributed by atoms with Crippen molar-refractivity contribution in [2.45, 2.75) is 92.8 Å². The molecule has 9 atom stereocenters. The molecule has 2 aromatic carbocycles. The summed E-state index contributed by atoms with van der Waals surface area (Å²) in [5.74, 6) is 1.48. The number of aliphatic hydroxyl groups is 1. The summed E-state index contributed by atoms with van der Waals surface area (Å²) < 4.78 is 24.9. The molecule has 3 unspecified atom stereocenters. The van der Waals surface area contributed by atoms with E-state index < -0.39 is 40.7 Å². The molecule has 1 spiro atoms. The molecule has 260 valence electrons. The van der Waals surface area contributed by atoms with E-state index in [1.165, 1.54) is 5.56 Å². The molecule has 1 saturated carbocycles. The Morgan fingerprint density at radius 1 is 1.10 bits per heavy atom. The molecule has 3 heterocycles. The van der Waals surface area contributed by atoms with Crippen molar-refractivity contribution in [3.63, 3.8) is 0 Å². The number of methoxy groups -OCH3 is 1. The lowest BCUT2D eigenvalue weighted by atomic mass is 9.49. The molecule has 0 amide bonds. The van der Waals surface area contributed by atoms with E-state index in [0.717, 1.165) is 42.6 Å². The molecule has 1 saturated heterocycles. The van der Waals surface area contributed by atoms with Crippen molar-refractivity contribution >= 4 is 11.7 Å². The van der Waals surface area contributed by atoms with Crippen LogP contribution in [0, 0.1) is 5.92 Å². The molecule has 0 radical (unpaired) electrons. The smallest absolute Gasteiger partial charge is 0.347 e. The Hall–Kier alpha value is -3.80. The van der Waals surface area contributed by atoms with Gasteiger partial charge in [-0.25, -0.2) is 4.79 Å². The lowest BCUT2D eigenvalue weighted by Gasteiger charge is -2.62. The predicted octanol–water partition coefficient (Wildman–Crippen LogP) is 3.25. The van der Waals surface area contributed by atoms with Crippen LogP contribution in [0.1, 0.15) is 55.4 Å². The monoisotopic (exact) mass is 671 g/mol. The highest BCUT2D eigenvalue weighted by atomic mass is 16.7. The molecule has 11 heteroatoms. The van der Waals surface area contributed by atoms with Gasteiger partial charge < -0.3 is 43.8 Å². The maximum atomic E-state index is 13.4. The van der Waals surface area contributed by atoms with Crippen molar-refractivity contribution in [3.05, 3.63) is 58.7 Å². The predicted molar refractivity (Wildman–Crippen MR) is 180 cm³/mol. The van der Waals surface area contributed by atoms with Gasteiger partial charge in [0.2, 0.25) is 6.61 Å². The number of likely N-dealkylation sites (N-methyl/N-ethyl adjacent to an activating group) is 2. The van der Waals surface area contributed by atoms with Crippen LogP contribution in [0.3, 0.4) is 0 Å². The van der Waals surface area contributed by atoms with Crippen LogP contribution in [0.4, 0.5) is 0 Å². The second-order valence-electron chi connectivity index (χ2n) is 15.3. The van der Waals surface area contributed by atoms with E-state index in [-0.39, 0.29) is 30.4 Å². The van der Waals surface area contributed by atoms with Gasteiger partial charge in [0.15, 0.2) is 35.2 Å². The molecular formula is C38H45N3O8. The Balaban J connectivity index is 0.960. The molecule has 0 aromatic heterocycles. The summed E-state index contributed by atoms with van der Waals surface area (Å²) in [6, 6.07) is 7.95. The number of nitrogens with zero attached hydrogens (tertiary/aromatic N) is 3. The van der Waals surface area contributed by atoms with Gasteiger partial charge in [0, 0.05) is 34.5 Å². The topological polar surface area (TPSA) is 123 Å². The van der Waals surface area contributed by atoms with Crippen LogP contribution in [0.15, 0.2) is 41.6 Å². The number of piperidine rings is 1. The molecule has 2 bridgehead atoms. The number of likely N-dealkylation sites (tertiary alicyclic amines) is 1.